The molecule has 146 valence electrons. The molecule has 0 aliphatic heterocycles. The fraction of sp³-hybridized carbons (Fsp3) is 0.273. The van der Waals surface area contributed by atoms with Gasteiger partial charge in [-0.25, -0.2) is 0 Å². The number of ketones is 1. The topological polar surface area (TPSA) is 51.5 Å². The highest BCUT2D eigenvalue weighted by Crippen LogP contribution is 2.40. The van der Waals surface area contributed by atoms with E-state index in [1.807, 2.05) is 44.4 Å². The van der Waals surface area contributed by atoms with Crippen LogP contribution in [-0.4, -0.2) is 43.0 Å². The lowest BCUT2D eigenvalue weighted by atomic mass is 10.0. The van der Waals surface area contributed by atoms with E-state index >= 15 is 0 Å². The summed E-state index contributed by atoms with van der Waals surface area (Å²) in [5, 5.41) is 1.32. The minimum Gasteiger partial charge on any atom is -0.497 e. The molecule has 0 unspecified atom stereocenters. The van der Waals surface area contributed by atoms with Crippen molar-refractivity contribution in [3.05, 3.63) is 63.9 Å². The van der Waals surface area contributed by atoms with Gasteiger partial charge in [-0.2, -0.15) is 0 Å². The van der Waals surface area contributed by atoms with E-state index in [0.29, 0.717) is 28.8 Å². The van der Waals surface area contributed by atoms with Crippen molar-refractivity contribution in [3.8, 4) is 17.0 Å². The van der Waals surface area contributed by atoms with E-state index < -0.39 is 0 Å². The number of hydrogen-bond donors (Lipinski definition) is 0. The van der Waals surface area contributed by atoms with Crippen LogP contribution in [0.2, 0.25) is 0 Å². The van der Waals surface area contributed by atoms with E-state index in [2.05, 4.69) is 4.90 Å². The number of carbonyl (C=O) groups is 1. The summed E-state index contributed by atoms with van der Waals surface area (Å²) in [5.74, 6) is 0.595. The van der Waals surface area contributed by atoms with Gasteiger partial charge in [0.05, 0.1) is 18.4 Å². The van der Waals surface area contributed by atoms with Crippen molar-refractivity contribution < 1.29 is 9.53 Å². The van der Waals surface area contributed by atoms with Crippen LogP contribution in [0.25, 0.3) is 22.0 Å². The van der Waals surface area contributed by atoms with Gasteiger partial charge in [0.1, 0.15) is 5.75 Å². The Hall–Kier alpha value is -2.63. The van der Waals surface area contributed by atoms with Crippen molar-refractivity contribution >= 4 is 29.0 Å². The van der Waals surface area contributed by atoms with Crippen LogP contribution in [0, 0.1) is 0 Å². The molecule has 0 N–H and O–H groups in total. The second kappa shape index (κ2) is 7.78. The third-order valence-corrected chi connectivity index (χ3v) is 5.12. The predicted molar refractivity (Wildman–Crippen MR) is 114 cm³/mol. The Morgan fingerprint density at radius 2 is 1.71 bits per heavy atom. The molecule has 2 aromatic carbocycles. The maximum atomic E-state index is 13.2. The quantitative estimate of drug-likeness (QED) is 0.515. The number of pyridine rings is 1. The third-order valence-electron chi connectivity index (χ3n) is 5.12. The predicted octanol–water partition coefficient (Wildman–Crippen LogP) is 3.60. The largest absolute Gasteiger partial charge is 0.497 e. The average Bonchev–Trinajstić information content (AvgIpc) is 2.96. The van der Waals surface area contributed by atoms with Gasteiger partial charge < -0.3 is 14.2 Å². The van der Waals surface area contributed by atoms with Gasteiger partial charge in [-0.15, -0.1) is 12.4 Å². The van der Waals surface area contributed by atoms with Crippen molar-refractivity contribution in [1.29, 1.82) is 0 Å². The molecule has 4 rings (SSSR count). The first kappa shape index (κ1) is 20.1. The first-order chi connectivity index (χ1) is 13.0. The van der Waals surface area contributed by atoms with Crippen molar-refractivity contribution in [2.45, 2.75) is 13.0 Å². The minimum absolute atomic E-state index is 0. The van der Waals surface area contributed by atoms with Crippen LogP contribution < -0.4 is 10.3 Å². The molecule has 5 nitrogen and oxygen atoms in total. The molecule has 0 amide bonds. The van der Waals surface area contributed by atoms with Gasteiger partial charge in [0, 0.05) is 28.4 Å². The highest BCUT2D eigenvalue weighted by molar-refractivity contribution is 6.26. The normalized spacial score (nSPS) is 12.1. The van der Waals surface area contributed by atoms with Gasteiger partial charge in [0.15, 0.2) is 5.78 Å². The number of ether oxygens (including phenoxy) is 1. The molecule has 0 saturated carbocycles. The summed E-state index contributed by atoms with van der Waals surface area (Å²) in [5.41, 5.74) is 2.72. The standard InChI is InChI=1S/C22H22N2O3.ClH/c1-23(2)11-6-12-24-20-16-10-9-14(27-3)13-18(16)21(25)19(20)15-7-4-5-8-17(15)22(24)26;/h4-5,7-10,13H,6,11-12H2,1-3H3;1H. The average molecular weight is 399 g/mol. The van der Waals surface area contributed by atoms with E-state index in [-0.39, 0.29) is 23.7 Å². The van der Waals surface area contributed by atoms with Gasteiger partial charge in [0.25, 0.3) is 5.56 Å². The van der Waals surface area contributed by atoms with E-state index in [1.165, 1.54) is 0 Å². The van der Waals surface area contributed by atoms with E-state index in [0.717, 1.165) is 29.6 Å². The Labute approximate surface area is 169 Å². The lowest BCUT2D eigenvalue weighted by Gasteiger charge is -2.16. The molecule has 0 saturated heterocycles. The number of fused-ring (bicyclic) bond motifs is 5. The van der Waals surface area contributed by atoms with Crippen LogP contribution >= 0.6 is 12.4 Å². The van der Waals surface area contributed by atoms with Crippen LogP contribution in [0.3, 0.4) is 0 Å². The van der Waals surface area contributed by atoms with Gasteiger partial charge >= 0.3 is 0 Å². The van der Waals surface area contributed by atoms with Crippen LogP contribution in [-0.2, 0) is 6.54 Å². The molecule has 0 atom stereocenters. The summed E-state index contributed by atoms with van der Waals surface area (Å²) in [7, 11) is 5.61. The zero-order valence-electron chi connectivity index (χ0n) is 16.2. The van der Waals surface area contributed by atoms with E-state index in [9.17, 15) is 9.59 Å². The maximum absolute atomic E-state index is 13.2. The summed E-state index contributed by atoms with van der Waals surface area (Å²) < 4.78 is 7.07. The molecule has 28 heavy (non-hydrogen) atoms. The van der Waals surface area contributed by atoms with Crippen molar-refractivity contribution in [2.75, 3.05) is 27.7 Å². The lowest BCUT2D eigenvalue weighted by molar-refractivity contribution is 0.104. The van der Waals surface area contributed by atoms with E-state index in [4.69, 9.17) is 4.74 Å². The maximum Gasteiger partial charge on any atom is 0.258 e. The van der Waals surface area contributed by atoms with Gasteiger partial charge in [0.2, 0.25) is 0 Å². The molecule has 0 bridgehead atoms. The number of aromatic nitrogens is 1. The summed E-state index contributed by atoms with van der Waals surface area (Å²) in [6.07, 6.45) is 0.831. The van der Waals surface area contributed by atoms with E-state index in [1.54, 1.807) is 23.8 Å². The highest BCUT2D eigenvalue weighted by atomic mass is 35.5. The smallest absolute Gasteiger partial charge is 0.258 e. The molecule has 0 radical (unpaired) electrons. The SMILES string of the molecule is COc1ccc2c(c1)C(=O)c1c-2n(CCCN(C)C)c(=O)c2ccccc12.Cl. The first-order valence-corrected chi connectivity index (χ1v) is 9.06. The summed E-state index contributed by atoms with van der Waals surface area (Å²) in [4.78, 5) is 28.5. The Morgan fingerprint density at radius 1 is 1.00 bits per heavy atom. The number of benzene rings is 2. The molecule has 1 aliphatic carbocycles. The first-order valence-electron chi connectivity index (χ1n) is 9.06. The molecular formula is C22H23ClN2O3. The monoisotopic (exact) mass is 398 g/mol. The second-order valence-corrected chi connectivity index (χ2v) is 7.12. The molecule has 0 fully saturated rings. The zero-order chi connectivity index (χ0) is 19.1. The van der Waals surface area contributed by atoms with Crippen LogP contribution in [0.5, 0.6) is 5.75 Å². The van der Waals surface area contributed by atoms with Gasteiger partial charge in [-0.1, -0.05) is 18.2 Å². The van der Waals surface area contributed by atoms with Crippen LogP contribution in [0.15, 0.2) is 47.3 Å². The minimum atomic E-state index is -0.0449. The van der Waals surface area contributed by atoms with Crippen molar-refractivity contribution in [1.82, 2.24) is 9.47 Å². The fourth-order valence-corrected chi connectivity index (χ4v) is 3.84. The Kier molecular flexibility index (Phi) is 5.59. The van der Waals surface area contributed by atoms with Crippen LogP contribution in [0.4, 0.5) is 0 Å². The summed E-state index contributed by atoms with van der Waals surface area (Å²) >= 11 is 0. The number of carbonyl (C=O) groups excluding carboxylic acids is 1. The summed E-state index contributed by atoms with van der Waals surface area (Å²) in [6, 6.07) is 12.9. The molecule has 3 aromatic rings. The number of rotatable bonds is 5. The number of hydrogen-bond acceptors (Lipinski definition) is 4. The number of nitrogens with zero attached hydrogens (tertiary/aromatic N) is 2. The van der Waals surface area contributed by atoms with Crippen molar-refractivity contribution in [3.63, 3.8) is 0 Å². The molecular weight excluding hydrogens is 376 g/mol. The Bertz CT molecular complexity index is 1120. The van der Waals surface area contributed by atoms with Crippen LogP contribution in [0.1, 0.15) is 22.3 Å². The number of halogens is 1. The Morgan fingerprint density at radius 3 is 2.39 bits per heavy atom. The molecule has 0 spiro atoms. The highest BCUT2D eigenvalue weighted by Gasteiger charge is 2.32. The molecule has 1 aromatic heterocycles. The lowest BCUT2D eigenvalue weighted by Crippen LogP contribution is -2.25. The third kappa shape index (κ3) is 3.11. The second-order valence-electron chi connectivity index (χ2n) is 7.12. The Balaban J connectivity index is 0.00000225. The summed E-state index contributed by atoms with van der Waals surface area (Å²) in [6.45, 7) is 1.44. The molecule has 6 heteroatoms. The number of methoxy groups -OCH3 is 1. The molecule has 1 heterocycles. The van der Waals surface area contributed by atoms with Crippen molar-refractivity contribution in [2.24, 2.45) is 0 Å². The molecule has 1 aliphatic rings. The van der Waals surface area contributed by atoms with Gasteiger partial charge in [-0.3, -0.25) is 9.59 Å². The zero-order valence-corrected chi connectivity index (χ0v) is 17.0. The van der Waals surface area contributed by atoms with Gasteiger partial charge in [-0.05, 0) is 51.3 Å². The fourth-order valence-electron chi connectivity index (χ4n) is 3.84.